The molecular weight excluding hydrogens is 388 g/mol. The lowest BCUT2D eigenvalue weighted by molar-refractivity contribution is -0.142. The molecule has 1 unspecified atom stereocenters. The van der Waals surface area contributed by atoms with Crippen molar-refractivity contribution in [3.05, 3.63) is 17.7 Å². The Hall–Kier alpha value is -2.48. The molecule has 1 aromatic rings. The summed E-state index contributed by atoms with van der Waals surface area (Å²) in [6.45, 7) is 9.67. The maximum atomic E-state index is 13.2. The van der Waals surface area contributed by atoms with E-state index in [1.807, 2.05) is 20.8 Å². The van der Waals surface area contributed by atoms with Gasteiger partial charge in [0.1, 0.15) is 6.10 Å². The monoisotopic (exact) mass is 420 g/mol. The van der Waals surface area contributed by atoms with Gasteiger partial charge in [0.15, 0.2) is 11.5 Å². The SMILES string of the molecule is CCOc1cc(C(=O)N2CCN(C(=O)C3CCCO3)CC2)cc(OCC)c1OCC. The van der Waals surface area contributed by atoms with E-state index in [4.69, 9.17) is 18.9 Å². The highest BCUT2D eigenvalue weighted by Gasteiger charge is 2.32. The van der Waals surface area contributed by atoms with Crippen LogP contribution in [-0.4, -0.2) is 80.3 Å². The topological polar surface area (TPSA) is 77.5 Å². The van der Waals surface area contributed by atoms with E-state index in [1.165, 1.54) is 0 Å². The van der Waals surface area contributed by atoms with Crippen molar-refractivity contribution in [1.82, 2.24) is 9.80 Å². The maximum absolute atomic E-state index is 13.2. The number of amides is 2. The van der Waals surface area contributed by atoms with Crippen LogP contribution in [0.3, 0.4) is 0 Å². The number of piperazine rings is 1. The first kappa shape index (κ1) is 22.2. The number of hydrogen-bond acceptors (Lipinski definition) is 6. The molecule has 30 heavy (non-hydrogen) atoms. The molecule has 0 bridgehead atoms. The molecule has 3 rings (SSSR count). The largest absolute Gasteiger partial charge is 0.490 e. The Labute approximate surface area is 178 Å². The molecule has 2 heterocycles. The van der Waals surface area contributed by atoms with Gasteiger partial charge in [-0.15, -0.1) is 0 Å². The second kappa shape index (κ2) is 10.5. The molecule has 1 aromatic carbocycles. The zero-order chi connectivity index (χ0) is 21.5. The van der Waals surface area contributed by atoms with E-state index in [0.717, 1.165) is 12.8 Å². The average Bonchev–Trinajstić information content (AvgIpc) is 3.30. The lowest BCUT2D eigenvalue weighted by Crippen LogP contribution is -2.52. The van der Waals surface area contributed by atoms with Crippen molar-refractivity contribution in [2.75, 3.05) is 52.6 Å². The highest BCUT2D eigenvalue weighted by atomic mass is 16.5. The number of carbonyl (C=O) groups is 2. The van der Waals surface area contributed by atoms with Gasteiger partial charge in [-0.2, -0.15) is 0 Å². The van der Waals surface area contributed by atoms with Gasteiger partial charge in [-0.1, -0.05) is 0 Å². The van der Waals surface area contributed by atoms with Gasteiger partial charge in [-0.3, -0.25) is 9.59 Å². The number of hydrogen-bond donors (Lipinski definition) is 0. The molecule has 1 atom stereocenters. The van der Waals surface area contributed by atoms with Gasteiger partial charge >= 0.3 is 0 Å². The summed E-state index contributed by atoms with van der Waals surface area (Å²) in [5.41, 5.74) is 0.490. The Kier molecular flexibility index (Phi) is 7.79. The first-order valence-corrected chi connectivity index (χ1v) is 10.8. The third-order valence-electron chi connectivity index (χ3n) is 5.24. The molecule has 2 fully saturated rings. The van der Waals surface area contributed by atoms with Crippen LogP contribution < -0.4 is 14.2 Å². The quantitative estimate of drug-likeness (QED) is 0.643. The van der Waals surface area contributed by atoms with Crippen LogP contribution in [0.5, 0.6) is 17.2 Å². The van der Waals surface area contributed by atoms with Gasteiger partial charge in [0.25, 0.3) is 11.8 Å². The number of benzene rings is 1. The van der Waals surface area contributed by atoms with E-state index >= 15 is 0 Å². The van der Waals surface area contributed by atoms with E-state index in [-0.39, 0.29) is 17.9 Å². The molecule has 0 spiro atoms. The molecule has 166 valence electrons. The van der Waals surface area contributed by atoms with Gasteiger partial charge < -0.3 is 28.7 Å². The minimum atomic E-state index is -0.319. The van der Waals surface area contributed by atoms with Gasteiger partial charge in [0.2, 0.25) is 5.75 Å². The summed E-state index contributed by atoms with van der Waals surface area (Å²) in [4.78, 5) is 29.3. The van der Waals surface area contributed by atoms with E-state index in [9.17, 15) is 9.59 Å². The molecular formula is C22H32N2O6. The van der Waals surface area contributed by atoms with Crippen molar-refractivity contribution in [2.45, 2.75) is 39.7 Å². The summed E-state index contributed by atoms with van der Waals surface area (Å²) in [6.07, 6.45) is 1.39. The Morgan fingerprint density at radius 2 is 1.50 bits per heavy atom. The van der Waals surface area contributed by atoms with E-state index < -0.39 is 0 Å². The van der Waals surface area contributed by atoms with Crippen LogP contribution in [0.4, 0.5) is 0 Å². The molecule has 0 aliphatic carbocycles. The summed E-state index contributed by atoms with van der Waals surface area (Å²) in [6, 6.07) is 3.42. The Morgan fingerprint density at radius 3 is 2.00 bits per heavy atom. The fourth-order valence-corrected chi connectivity index (χ4v) is 3.80. The molecule has 0 N–H and O–H groups in total. The molecule has 2 saturated heterocycles. The molecule has 0 saturated carbocycles. The van der Waals surface area contributed by atoms with Crippen molar-refractivity contribution in [2.24, 2.45) is 0 Å². The molecule has 2 aliphatic heterocycles. The third-order valence-corrected chi connectivity index (χ3v) is 5.24. The van der Waals surface area contributed by atoms with Crippen molar-refractivity contribution < 1.29 is 28.5 Å². The molecule has 8 nitrogen and oxygen atoms in total. The van der Waals surface area contributed by atoms with Gasteiger partial charge in [-0.05, 0) is 45.7 Å². The van der Waals surface area contributed by atoms with Gasteiger partial charge in [0.05, 0.1) is 19.8 Å². The van der Waals surface area contributed by atoms with Crippen LogP contribution >= 0.6 is 0 Å². The number of carbonyl (C=O) groups excluding carboxylic acids is 2. The molecule has 0 radical (unpaired) electrons. The maximum Gasteiger partial charge on any atom is 0.254 e. The highest BCUT2D eigenvalue weighted by Crippen LogP contribution is 2.39. The van der Waals surface area contributed by atoms with Crippen molar-refractivity contribution in [3.8, 4) is 17.2 Å². The van der Waals surface area contributed by atoms with Crippen LogP contribution in [-0.2, 0) is 9.53 Å². The van der Waals surface area contributed by atoms with E-state index in [2.05, 4.69) is 0 Å². The molecule has 2 aliphatic rings. The predicted molar refractivity (Wildman–Crippen MR) is 111 cm³/mol. The van der Waals surface area contributed by atoms with Crippen LogP contribution in [0.1, 0.15) is 44.0 Å². The smallest absolute Gasteiger partial charge is 0.254 e. The standard InChI is InChI=1S/C22H32N2O6/c1-4-27-18-14-16(15-19(28-5-2)20(18)29-6-3)21(25)23-9-11-24(12-10-23)22(26)17-8-7-13-30-17/h14-15,17H,4-13H2,1-3H3. The molecule has 0 aromatic heterocycles. The molecule has 8 heteroatoms. The summed E-state index contributed by atoms with van der Waals surface area (Å²) < 4.78 is 22.7. The van der Waals surface area contributed by atoms with Crippen LogP contribution in [0.2, 0.25) is 0 Å². The minimum absolute atomic E-state index is 0.0398. The highest BCUT2D eigenvalue weighted by molar-refractivity contribution is 5.96. The summed E-state index contributed by atoms with van der Waals surface area (Å²) in [5, 5.41) is 0. The lowest BCUT2D eigenvalue weighted by Gasteiger charge is -2.35. The number of ether oxygens (including phenoxy) is 4. The summed E-state index contributed by atoms with van der Waals surface area (Å²) in [7, 11) is 0. The van der Waals surface area contributed by atoms with E-state index in [0.29, 0.717) is 75.4 Å². The van der Waals surface area contributed by atoms with Crippen molar-refractivity contribution >= 4 is 11.8 Å². The van der Waals surface area contributed by atoms with Crippen LogP contribution in [0.15, 0.2) is 12.1 Å². The first-order chi connectivity index (χ1) is 14.6. The lowest BCUT2D eigenvalue weighted by atomic mass is 10.1. The third kappa shape index (κ3) is 4.98. The average molecular weight is 421 g/mol. The first-order valence-electron chi connectivity index (χ1n) is 10.8. The zero-order valence-electron chi connectivity index (χ0n) is 18.1. The number of nitrogens with zero attached hydrogens (tertiary/aromatic N) is 2. The van der Waals surface area contributed by atoms with Gasteiger partial charge in [-0.25, -0.2) is 0 Å². The summed E-state index contributed by atoms with van der Waals surface area (Å²) in [5.74, 6) is 1.45. The fourth-order valence-electron chi connectivity index (χ4n) is 3.80. The number of rotatable bonds is 8. The van der Waals surface area contributed by atoms with E-state index in [1.54, 1.807) is 21.9 Å². The fraction of sp³-hybridized carbons (Fsp3) is 0.636. The minimum Gasteiger partial charge on any atom is -0.490 e. The van der Waals surface area contributed by atoms with Gasteiger partial charge in [0, 0.05) is 38.3 Å². The Bertz CT molecular complexity index is 712. The zero-order valence-corrected chi connectivity index (χ0v) is 18.1. The second-order valence-corrected chi connectivity index (χ2v) is 7.22. The van der Waals surface area contributed by atoms with Crippen LogP contribution in [0, 0.1) is 0 Å². The van der Waals surface area contributed by atoms with Crippen LogP contribution in [0.25, 0.3) is 0 Å². The predicted octanol–water partition coefficient (Wildman–Crippen LogP) is 2.35. The van der Waals surface area contributed by atoms with Crippen molar-refractivity contribution in [3.63, 3.8) is 0 Å². The Morgan fingerprint density at radius 1 is 0.933 bits per heavy atom. The molecule has 2 amide bonds. The Balaban J connectivity index is 1.72. The second-order valence-electron chi connectivity index (χ2n) is 7.22. The normalized spacial score (nSPS) is 19.0. The van der Waals surface area contributed by atoms with Crippen molar-refractivity contribution in [1.29, 1.82) is 0 Å². The summed E-state index contributed by atoms with van der Waals surface area (Å²) >= 11 is 0.